The van der Waals surface area contributed by atoms with Crippen molar-refractivity contribution in [1.29, 1.82) is 0 Å². The monoisotopic (exact) mass is 314 g/mol. The van der Waals surface area contributed by atoms with E-state index in [1.807, 2.05) is 31.2 Å². The zero-order valence-corrected chi connectivity index (χ0v) is 13.2. The quantitative estimate of drug-likeness (QED) is 0.593. The third-order valence-electron chi connectivity index (χ3n) is 4.20. The van der Waals surface area contributed by atoms with Gasteiger partial charge in [0.15, 0.2) is 0 Å². The molecule has 4 amide bonds. The van der Waals surface area contributed by atoms with E-state index in [1.165, 1.54) is 14.1 Å². The number of urea groups is 1. The summed E-state index contributed by atoms with van der Waals surface area (Å²) in [5.41, 5.74) is 8.77. The fourth-order valence-electron chi connectivity index (χ4n) is 2.73. The fourth-order valence-corrected chi connectivity index (χ4v) is 2.73. The summed E-state index contributed by atoms with van der Waals surface area (Å²) in [6.07, 6.45) is 0.478. The Bertz CT molecular complexity index is 697. The van der Waals surface area contributed by atoms with Crippen molar-refractivity contribution in [3.8, 4) is 0 Å². The average Bonchev–Trinajstić information content (AvgIpc) is 3.01. The van der Waals surface area contributed by atoms with Crippen LogP contribution in [0.5, 0.6) is 0 Å². The van der Waals surface area contributed by atoms with Gasteiger partial charge in [0.1, 0.15) is 5.57 Å². The Labute approximate surface area is 133 Å². The fraction of sp³-hybridized carbons (Fsp3) is 0.312. The van der Waals surface area contributed by atoms with Crippen molar-refractivity contribution in [2.45, 2.75) is 19.4 Å². The smallest absolute Gasteiger partial charge is 0.324 e. The second kappa shape index (κ2) is 5.51. The Kier molecular flexibility index (Phi) is 3.65. The minimum absolute atomic E-state index is 0.0108. The molecule has 1 aromatic rings. The number of aryl methyl sites for hydroxylation is 1. The summed E-state index contributed by atoms with van der Waals surface area (Å²) < 4.78 is 0. The first kappa shape index (κ1) is 15.2. The maximum absolute atomic E-state index is 12.3. The van der Waals surface area contributed by atoms with E-state index in [0.29, 0.717) is 12.1 Å². The van der Waals surface area contributed by atoms with Crippen LogP contribution in [-0.4, -0.2) is 41.7 Å². The van der Waals surface area contributed by atoms with Crippen LogP contribution in [-0.2, 0) is 9.59 Å². The molecule has 2 aliphatic rings. The molecule has 1 unspecified atom stereocenters. The molecular formula is C16H18N4O3. The molecule has 3 rings (SSSR count). The van der Waals surface area contributed by atoms with Gasteiger partial charge in [0.2, 0.25) is 0 Å². The summed E-state index contributed by atoms with van der Waals surface area (Å²) >= 11 is 0. The summed E-state index contributed by atoms with van der Waals surface area (Å²) in [6.45, 7) is 2.01. The molecule has 1 aromatic carbocycles. The molecule has 0 aromatic heterocycles. The van der Waals surface area contributed by atoms with E-state index in [9.17, 15) is 14.4 Å². The largest absolute Gasteiger partial charge is 0.333 e. The minimum Gasteiger partial charge on any atom is -0.324 e. The van der Waals surface area contributed by atoms with Crippen LogP contribution in [0.3, 0.4) is 0 Å². The topological polar surface area (TPSA) is 81.8 Å². The van der Waals surface area contributed by atoms with Gasteiger partial charge in [0.05, 0.1) is 6.04 Å². The van der Waals surface area contributed by atoms with Gasteiger partial charge < -0.3 is 5.43 Å². The Morgan fingerprint density at radius 3 is 2.13 bits per heavy atom. The predicted molar refractivity (Wildman–Crippen MR) is 82.8 cm³/mol. The van der Waals surface area contributed by atoms with Gasteiger partial charge in [-0.15, -0.1) is 0 Å². The van der Waals surface area contributed by atoms with Crippen LogP contribution < -0.4 is 10.9 Å². The van der Waals surface area contributed by atoms with Crippen molar-refractivity contribution >= 4 is 17.8 Å². The molecular weight excluding hydrogens is 296 g/mol. The lowest BCUT2D eigenvalue weighted by Gasteiger charge is -2.29. The van der Waals surface area contributed by atoms with Crippen LogP contribution in [0.1, 0.15) is 23.6 Å². The number of likely N-dealkylation sites (N-methyl/N-ethyl adjacent to an activating group) is 2. The zero-order chi connectivity index (χ0) is 16.7. The molecule has 2 saturated heterocycles. The molecule has 0 aliphatic carbocycles. The molecule has 7 heteroatoms. The first-order valence-electron chi connectivity index (χ1n) is 7.31. The zero-order valence-electron chi connectivity index (χ0n) is 13.2. The number of nitrogens with one attached hydrogen (secondary N) is 2. The van der Waals surface area contributed by atoms with E-state index in [1.54, 1.807) is 0 Å². The minimum atomic E-state index is -0.620. The summed E-state index contributed by atoms with van der Waals surface area (Å²) in [6, 6.07) is 7.39. The van der Waals surface area contributed by atoms with Gasteiger partial charge >= 0.3 is 6.03 Å². The molecule has 0 spiro atoms. The Hall–Kier alpha value is -2.67. The molecule has 2 heterocycles. The molecule has 7 nitrogen and oxygen atoms in total. The molecule has 120 valence electrons. The van der Waals surface area contributed by atoms with Gasteiger partial charge in [-0.05, 0) is 12.5 Å². The van der Waals surface area contributed by atoms with Crippen molar-refractivity contribution in [3.63, 3.8) is 0 Å². The van der Waals surface area contributed by atoms with Crippen LogP contribution in [0, 0.1) is 6.92 Å². The first-order chi connectivity index (χ1) is 10.9. The maximum Gasteiger partial charge on any atom is 0.333 e. The van der Waals surface area contributed by atoms with Crippen molar-refractivity contribution in [2.75, 3.05) is 14.1 Å². The number of rotatable bonds is 1. The standard InChI is InChI=1S/C16H18N4O3/c1-9-4-6-10(7-5-9)11-8-12(18-17-11)13-14(21)19(2)16(23)20(3)15(13)22/h4-7,11,17-18H,8H2,1-3H3. The summed E-state index contributed by atoms with van der Waals surface area (Å²) in [5.74, 6) is -1.15. The number of hydrogen-bond donors (Lipinski definition) is 2. The van der Waals surface area contributed by atoms with Gasteiger partial charge in [-0.2, -0.15) is 0 Å². The van der Waals surface area contributed by atoms with E-state index in [-0.39, 0.29) is 11.6 Å². The van der Waals surface area contributed by atoms with Crippen molar-refractivity contribution in [3.05, 3.63) is 46.7 Å². The van der Waals surface area contributed by atoms with Crippen molar-refractivity contribution < 1.29 is 14.4 Å². The number of amides is 4. The highest BCUT2D eigenvalue weighted by atomic mass is 16.2. The molecule has 0 saturated carbocycles. The lowest BCUT2D eigenvalue weighted by atomic mass is 10.00. The Morgan fingerprint density at radius 2 is 1.57 bits per heavy atom. The number of nitrogens with zero attached hydrogens (tertiary/aromatic N) is 2. The normalized spacial score (nSPS) is 22.0. The number of carbonyl (C=O) groups excluding carboxylic acids is 3. The molecule has 0 bridgehead atoms. The first-order valence-corrected chi connectivity index (χ1v) is 7.31. The number of imide groups is 2. The molecule has 2 aliphatic heterocycles. The Morgan fingerprint density at radius 1 is 1.00 bits per heavy atom. The third kappa shape index (κ3) is 2.49. The second-order valence-corrected chi connectivity index (χ2v) is 5.80. The second-order valence-electron chi connectivity index (χ2n) is 5.80. The number of barbiturate groups is 1. The number of hydrazine groups is 1. The van der Waals surface area contributed by atoms with Gasteiger partial charge in [-0.25, -0.2) is 10.2 Å². The summed E-state index contributed by atoms with van der Waals surface area (Å²) in [7, 11) is 2.74. The predicted octanol–water partition coefficient (Wildman–Crippen LogP) is 0.839. The van der Waals surface area contributed by atoms with Gasteiger partial charge in [-0.3, -0.25) is 19.4 Å². The van der Waals surface area contributed by atoms with Crippen LogP contribution in [0.15, 0.2) is 35.5 Å². The lowest BCUT2D eigenvalue weighted by molar-refractivity contribution is -0.134. The molecule has 2 N–H and O–H groups in total. The van der Waals surface area contributed by atoms with Gasteiger partial charge in [0.25, 0.3) is 11.8 Å². The van der Waals surface area contributed by atoms with Crippen LogP contribution in [0.4, 0.5) is 4.79 Å². The van der Waals surface area contributed by atoms with Gasteiger partial charge in [0, 0.05) is 26.2 Å². The van der Waals surface area contributed by atoms with Crippen molar-refractivity contribution in [2.24, 2.45) is 0 Å². The molecule has 2 fully saturated rings. The van der Waals surface area contributed by atoms with Crippen LogP contribution in [0.25, 0.3) is 0 Å². The third-order valence-corrected chi connectivity index (χ3v) is 4.20. The number of benzene rings is 1. The van der Waals surface area contributed by atoms with Crippen molar-refractivity contribution in [1.82, 2.24) is 20.7 Å². The van der Waals surface area contributed by atoms with Crippen LogP contribution >= 0.6 is 0 Å². The highest BCUT2D eigenvalue weighted by Crippen LogP contribution is 2.28. The highest BCUT2D eigenvalue weighted by molar-refractivity contribution is 6.28. The highest BCUT2D eigenvalue weighted by Gasteiger charge is 2.41. The molecule has 0 radical (unpaired) electrons. The summed E-state index contributed by atoms with van der Waals surface area (Å²) in [5, 5.41) is 0. The van der Waals surface area contributed by atoms with E-state index >= 15 is 0 Å². The molecule has 1 atom stereocenters. The van der Waals surface area contributed by atoms with E-state index in [2.05, 4.69) is 10.9 Å². The average molecular weight is 314 g/mol. The number of carbonyl (C=O) groups is 3. The van der Waals surface area contributed by atoms with Crippen LogP contribution in [0.2, 0.25) is 0 Å². The van der Waals surface area contributed by atoms with E-state index in [0.717, 1.165) is 20.9 Å². The Balaban J connectivity index is 1.90. The maximum atomic E-state index is 12.3. The SMILES string of the molecule is Cc1ccc(C2CC(=C3C(=O)N(C)C(=O)N(C)C3=O)NN2)cc1. The number of hydrogen-bond acceptors (Lipinski definition) is 5. The van der Waals surface area contributed by atoms with Gasteiger partial charge in [-0.1, -0.05) is 29.8 Å². The lowest BCUT2D eigenvalue weighted by Crippen LogP contribution is -2.53. The molecule has 23 heavy (non-hydrogen) atoms. The van der Waals surface area contributed by atoms with E-state index < -0.39 is 17.8 Å². The summed E-state index contributed by atoms with van der Waals surface area (Å²) in [4.78, 5) is 38.3. The van der Waals surface area contributed by atoms with E-state index in [4.69, 9.17) is 0 Å².